The number of rotatable bonds is 5. The van der Waals surface area contributed by atoms with Gasteiger partial charge in [-0.2, -0.15) is 0 Å². The second-order valence-corrected chi connectivity index (χ2v) is 7.61. The lowest BCUT2D eigenvalue weighted by atomic mass is 9.92. The second-order valence-electron chi connectivity index (χ2n) is 7.61. The number of ether oxygens (including phenoxy) is 2. The highest BCUT2D eigenvalue weighted by Gasteiger charge is 2.48. The van der Waals surface area contributed by atoms with E-state index >= 15 is 0 Å². The fourth-order valence-corrected chi connectivity index (χ4v) is 3.14. The zero-order valence-corrected chi connectivity index (χ0v) is 15.5. The van der Waals surface area contributed by atoms with Crippen LogP contribution >= 0.6 is 0 Å². The lowest BCUT2D eigenvalue weighted by molar-refractivity contribution is 0.0682. The highest BCUT2D eigenvalue weighted by atomic mass is 16.6. The normalized spacial score (nSPS) is 27.7. The van der Waals surface area contributed by atoms with Crippen LogP contribution in [0.15, 0.2) is 24.9 Å². The van der Waals surface area contributed by atoms with Crippen molar-refractivity contribution in [2.45, 2.75) is 50.5 Å². The number of hydrogen-bond donors (Lipinski definition) is 3. The van der Waals surface area contributed by atoms with Crippen LogP contribution in [0.3, 0.4) is 0 Å². The molecule has 0 spiro atoms. The minimum Gasteiger partial charge on any atom is -0.371 e. The van der Waals surface area contributed by atoms with Gasteiger partial charge in [-0.3, -0.25) is 0 Å². The molecule has 0 bridgehead atoms. The molecule has 3 rings (SSSR count). The van der Waals surface area contributed by atoms with Crippen LogP contribution in [-0.4, -0.2) is 60.0 Å². The predicted molar refractivity (Wildman–Crippen MR) is 98.1 cm³/mol. The summed E-state index contributed by atoms with van der Waals surface area (Å²) in [6, 6.07) is 1.43. The highest BCUT2D eigenvalue weighted by Crippen LogP contribution is 2.29. The van der Waals surface area contributed by atoms with Gasteiger partial charge in [0, 0.05) is 18.2 Å². The van der Waals surface area contributed by atoms with Gasteiger partial charge in [-0.25, -0.2) is 14.8 Å². The van der Waals surface area contributed by atoms with Crippen molar-refractivity contribution >= 4 is 12.0 Å². The highest BCUT2D eigenvalue weighted by molar-refractivity contribution is 5.74. The van der Waals surface area contributed by atoms with Crippen molar-refractivity contribution in [3.8, 4) is 0 Å². The molecule has 1 aromatic heterocycles. The SMILES string of the molecule is C=CCNC(=O)N[C@H]1CO[C@H]2[C@H]1OC[C@H]2Nc1nccc(C(C)(C)C)n1. The smallest absolute Gasteiger partial charge is 0.315 e. The lowest BCUT2D eigenvalue weighted by Crippen LogP contribution is -2.48. The number of nitrogens with zero attached hydrogens (tertiary/aromatic N) is 2. The first-order chi connectivity index (χ1) is 12.4. The molecule has 0 saturated carbocycles. The molecule has 2 amide bonds. The maximum absolute atomic E-state index is 11.8. The van der Waals surface area contributed by atoms with E-state index in [9.17, 15) is 4.79 Å². The summed E-state index contributed by atoms with van der Waals surface area (Å²) >= 11 is 0. The van der Waals surface area contributed by atoms with Crippen LogP contribution in [0.2, 0.25) is 0 Å². The van der Waals surface area contributed by atoms with Crippen LogP contribution < -0.4 is 16.0 Å². The molecule has 2 aliphatic heterocycles. The van der Waals surface area contributed by atoms with E-state index in [0.29, 0.717) is 25.7 Å². The molecule has 0 radical (unpaired) electrons. The number of nitrogens with one attached hydrogen (secondary N) is 3. The van der Waals surface area contributed by atoms with E-state index in [4.69, 9.17) is 9.47 Å². The quantitative estimate of drug-likeness (QED) is 0.682. The Kier molecular flexibility index (Phi) is 5.43. The van der Waals surface area contributed by atoms with Gasteiger partial charge in [0.15, 0.2) is 0 Å². The molecule has 0 aliphatic carbocycles. The van der Waals surface area contributed by atoms with Gasteiger partial charge in [-0.15, -0.1) is 6.58 Å². The van der Waals surface area contributed by atoms with Gasteiger partial charge in [-0.1, -0.05) is 26.8 Å². The van der Waals surface area contributed by atoms with Crippen molar-refractivity contribution in [1.82, 2.24) is 20.6 Å². The molecule has 1 aromatic rings. The molecular formula is C18H27N5O3. The van der Waals surface area contributed by atoms with Gasteiger partial charge < -0.3 is 25.4 Å². The Hall–Kier alpha value is -2.19. The number of carbonyl (C=O) groups is 1. The van der Waals surface area contributed by atoms with Gasteiger partial charge in [0.25, 0.3) is 0 Å². The number of carbonyl (C=O) groups excluding carboxylic acids is 1. The van der Waals surface area contributed by atoms with Gasteiger partial charge in [0.1, 0.15) is 12.2 Å². The van der Waals surface area contributed by atoms with E-state index in [1.165, 1.54) is 0 Å². The van der Waals surface area contributed by atoms with Crippen molar-refractivity contribution in [3.05, 3.63) is 30.6 Å². The van der Waals surface area contributed by atoms with E-state index in [0.717, 1.165) is 5.69 Å². The minimum absolute atomic E-state index is 0.0498. The third-order valence-corrected chi connectivity index (χ3v) is 4.52. The molecule has 2 aliphatic rings. The Morgan fingerprint density at radius 2 is 2.00 bits per heavy atom. The van der Waals surface area contributed by atoms with E-state index in [1.807, 2.05) is 6.07 Å². The summed E-state index contributed by atoms with van der Waals surface area (Å²) in [4.78, 5) is 20.7. The van der Waals surface area contributed by atoms with Crippen molar-refractivity contribution in [2.75, 3.05) is 25.1 Å². The van der Waals surface area contributed by atoms with Gasteiger partial charge in [-0.05, 0) is 6.07 Å². The van der Waals surface area contributed by atoms with E-state index in [2.05, 4.69) is 53.3 Å². The molecule has 2 saturated heterocycles. The number of amides is 2. The average molecular weight is 361 g/mol. The molecule has 3 heterocycles. The fourth-order valence-electron chi connectivity index (χ4n) is 3.14. The molecule has 0 unspecified atom stereocenters. The first-order valence-electron chi connectivity index (χ1n) is 8.87. The Balaban J connectivity index is 1.60. The van der Waals surface area contributed by atoms with Gasteiger partial charge >= 0.3 is 6.03 Å². The second kappa shape index (κ2) is 7.59. The summed E-state index contributed by atoms with van der Waals surface area (Å²) in [5.74, 6) is 0.565. The average Bonchev–Trinajstić information content (AvgIpc) is 3.16. The monoisotopic (exact) mass is 361 g/mol. The molecule has 0 aromatic carbocycles. The third kappa shape index (κ3) is 4.13. The lowest BCUT2D eigenvalue weighted by Gasteiger charge is -2.21. The first-order valence-corrected chi connectivity index (χ1v) is 8.87. The summed E-state index contributed by atoms with van der Waals surface area (Å²) in [6.07, 6.45) is 3.05. The van der Waals surface area contributed by atoms with E-state index in [1.54, 1.807) is 12.3 Å². The molecule has 2 fully saturated rings. The van der Waals surface area contributed by atoms with E-state index in [-0.39, 0.29) is 35.7 Å². The maximum Gasteiger partial charge on any atom is 0.315 e. The van der Waals surface area contributed by atoms with Crippen LogP contribution in [0.1, 0.15) is 26.5 Å². The van der Waals surface area contributed by atoms with E-state index < -0.39 is 0 Å². The van der Waals surface area contributed by atoms with Crippen LogP contribution in [-0.2, 0) is 14.9 Å². The summed E-state index contributed by atoms with van der Waals surface area (Å²) in [6.45, 7) is 11.2. The fraction of sp³-hybridized carbons (Fsp3) is 0.611. The van der Waals surface area contributed by atoms with Crippen LogP contribution in [0.25, 0.3) is 0 Å². The standard InChI is InChI=1S/C18H27N5O3/c1-5-7-20-17(24)22-12-10-26-14-11(9-25-15(12)14)21-16-19-8-6-13(23-16)18(2,3)4/h5-6,8,11-12,14-15H,1,7,9-10H2,2-4H3,(H,19,21,23)(H2,20,22,24)/t11-,12+,14-,15+/m1/s1. The number of aromatic nitrogens is 2. The summed E-state index contributed by atoms with van der Waals surface area (Å²) < 4.78 is 11.7. The Morgan fingerprint density at radius 1 is 1.31 bits per heavy atom. The Morgan fingerprint density at radius 3 is 2.69 bits per heavy atom. The van der Waals surface area contributed by atoms with Crippen LogP contribution in [0.4, 0.5) is 10.7 Å². The first kappa shape index (κ1) is 18.6. The predicted octanol–water partition coefficient (Wildman–Crippen LogP) is 1.21. The minimum atomic E-state index is -0.250. The van der Waals surface area contributed by atoms with Crippen LogP contribution in [0, 0.1) is 0 Å². The maximum atomic E-state index is 11.8. The van der Waals surface area contributed by atoms with Gasteiger partial charge in [0.05, 0.1) is 31.0 Å². The molecule has 26 heavy (non-hydrogen) atoms. The summed E-state index contributed by atoms with van der Waals surface area (Å²) in [5, 5.41) is 8.91. The van der Waals surface area contributed by atoms with Crippen LogP contribution in [0.5, 0.6) is 0 Å². The Labute approximate surface area is 153 Å². The third-order valence-electron chi connectivity index (χ3n) is 4.52. The number of anilines is 1. The Bertz CT molecular complexity index is 660. The molecule has 3 N–H and O–H groups in total. The molecule has 8 nitrogen and oxygen atoms in total. The molecule has 142 valence electrons. The number of fused-ring (bicyclic) bond motifs is 1. The summed E-state index contributed by atoms with van der Waals surface area (Å²) in [5.41, 5.74) is 0.919. The topological polar surface area (TPSA) is 97.4 Å². The zero-order valence-electron chi connectivity index (χ0n) is 15.5. The summed E-state index contributed by atoms with van der Waals surface area (Å²) in [7, 11) is 0. The number of hydrogen-bond acceptors (Lipinski definition) is 6. The van der Waals surface area contributed by atoms with Crippen molar-refractivity contribution in [2.24, 2.45) is 0 Å². The zero-order chi connectivity index (χ0) is 18.7. The van der Waals surface area contributed by atoms with Crippen molar-refractivity contribution < 1.29 is 14.3 Å². The molecule has 4 atom stereocenters. The molecule has 8 heteroatoms. The molecular weight excluding hydrogens is 334 g/mol. The van der Waals surface area contributed by atoms with Gasteiger partial charge in [0.2, 0.25) is 5.95 Å². The number of urea groups is 1. The largest absolute Gasteiger partial charge is 0.371 e. The van der Waals surface area contributed by atoms with Crippen molar-refractivity contribution in [1.29, 1.82) is 0 Å². The van der Waals surface area contributed by atoms with Crippen molar-refractivity contribution in [3.63, 3.8) is 0 Å².